The first kappa shape index (κ1) is 14.5. The molecular formula is C15H17N3OS. The number of nitrogens with one attached hydrogen (secondary N) is 1. The lowest BCUT2D eigenvalue weighted by Gasteiger charge is -2.14. The third-order valence-electron chi connectivity index (χ3n) is 3.06. The molecule has 1 heterocycles. The van der Waals surface area contributed by atoms with Crippen molar-refractivity contribution in [1.29, 1.82) is 5.26 Å². The molecule has 0 fully saturated rings. The van der Waals surface area contributed by atoms with E-state index in [4.69, 9.17) is 5.26 Å². The van der Waals surface area contributed by atoms with Crippen molar-refractivity contribution >= 4 is 28.6 Å². The quantitative estimate of drug-likeness (QED) is 0.831. The average Bonchev–Trinajstić information content (AvgIpc) is 2.87. The van der Waals surface area contributed by atoms with Gasteiger partial charge in [0.1, 0.15) is 0 Å². The summed E-state index contributed by atoms with van der Waals surface area (Å²) in [5.74, 6) is 0.826. The molecule has 0 bridgehead atoms. The van der Waals surface area contributed by atoms with Crippen molar-refractivity contribution in [3.05, 3.63) is 30.3 Å². The van der Waals surface area contributed by atoms with Crippen molar-refractivity contribution in [3.8, 4) is 6.07 Å². The van der Waals surface area contributed by atoms with Crippen molar-refractivity contribution in [2.45, 2.75) is 17.9 Å². The minimum absolute atomic E-state index is 0.0869. The highest BCUT2D eigenvalue weighted by Gasteiger charge is 2.08. The van der Waals surface area contributed by atoms with E-state index in [-0.39, 0.29) is 5.91 Å². The van der Waals surface area contributed by atoms with Gasteiger partial charge in [0.25, 0.3) is 0 Å². The number of thioether (sulfide) groups is 1. The maximum atomic E-state index is 11.8. The molecule has 1 N–H and O–H groups in total. The van der Waals surface area contributed by atoms with Crippen LogP contribution in [0.1, 0.15) is 12.8 Å². The van der Waals surface area contributed by atoms with Crippen LogP contribution in [-0.4, -0.2) is 35.1 Å². The molecular weight excluding hydrogens is 270 g/mol. The molecule has 5 heteroatoms. The predicted molar refractivity (Wildman–Crippen MR) is 81.5 cm³/mol. The normalized spacial score (nSPS) is 10.4. The number of nitriles is 1. The molecule has 0 atom stereocenters. The van der Waals surface area contributed by atoms with Crippen LogP contribution in [0.2, 0.25) is 0 Å². The standard InChI is InChI=1S/C15H17N3OS/c1-18(9-4-8-16)15(19)7-10-20-14-11-12-5-2-3-6-13(12)17-14/h2-3,5-6,11,17H,4,7,9-10H2,1H3. The van der Waals surface area contributed by atoms with Crippen LogP contribution in [0.25, 0.3) is 10.9 Å². The number of aromatic amines is 1. The first-order valence-corrected chi connectivity index (χ1v) is 7.50. The van der Waals surface area contributed by atoms with Crippen molar-refractivity contribution in [1.82, 2.24) is 9.88 Å². The van der Waals surface area contributed by atoms with Crippen LogP contribution in [0, 0.1) is 11.3 Å². The third-order valence-corrected chi connectivity index (χ3v) is 4.00. The van der Waals surface area contributed by atoms with Crippen LogP contribution in [0.3, 0.4) is 0 Å². The number of H-pyrrole nitrogens is 1. The number of rotatable bonds is 6. The van der Waals surface area contributed by atoms with Gasteiger partial charge in [-0.05, 0) is 12.1 Å². The summed E-state index contributed by atoms with van der Waals surface area (Å²) in [5.41, 5.74) is 1.12. The smallest absolute Gasteiger partial charge is 0.223 e. The van der Waals surface area contributed by atoms with Gasteiger partial charge < -0.3 is 9.88 Å². The number of nitrogens with zero attached hydrogens (tertiary/aromatic N) is 2. The molecule has 1 amide bonds. The summed E-state index contributed by atoms with van der Waals surface area (Å²) in [6.07, 6.45) is 0.874. The third kappa shape index (κ3) is 3.78. The van der Waals surface area contributed by atoms with Crippen LogP contribution in [-0.2, 0) is 4.79 Å². The van der Waals surface area contributed by atoms with E-state index in [2.05, 4.69) is 17.1 Å². The lowest BCUT2D eigenvalue weighted by molar-refractivity contribution is -0.129. The second-order valence-corrected chi connectivity index (χ2v) is 5.68. The van der Waals surface area contributed by atoms with Gasteiger partial charge in [-0.15, -0.1) is 11.8 Å². The van der Waals surface area contributed by atoms with E-state index in [1.165, 1.54) is 5.39 Å². The Morgan fingerprint density at radius 3 is 3.00 bits per heavy atom. The van der Waals surface area contributed by atoms with E-state index in [1.54, 1.807) is 23.7 Å². The Labute approximate surface area is 122 Å². The molecule has 104 valence electrons. The molecule has 2 rings (SSSR count). The fourth-order valence-corrected chi connectivity index (χ4v) is 2.80. The molecule has 1 aromatic carbocycles. The Morgan fingerprint density at radius 2 is 2.25 bits per heavy atom. The zero-order valence-corrected chi connectivity index (χ0v) is 12.2. The second kappa shape index (κ2) is 7.01. The molecule has 4 nitrogen and oxygen atoms in total. The van der Waals surface area contributed by atoms with Gasteiger partial charge in [-0.25, -0.2) is 0 Å². The number of fused-ring (bicyclic) bond motifs is 1. The van der Waals surface area contributed by atoms with Crippen LogP contribution < -0.4 is 0 Å². The largest absolute Gasteiger partial charge is 0.350 e. The minimum atomic E-state index is 0.0869. The maximum Gasteiger partial charge on any atom is 0.223 e. The Morgan fingerprint density at radius 1 is 1.45 bits per heavy atom. The number of benzene rings is 1. The van der Waals surface area contributed by atoms with Crippen LogP contribution in [0.4, 0.5) is 0 Å². The number of hydrogen-bond acceptors (Lipinski definition) is 3. The first-order valence-electron chi connectivity index (χ1n) is 6.52. The Balaban J connectivity index is 1.81. The van der Waals surface area contributed by atoms with Crippen LogP contribution >= 0.6 is 11.8 Å². The number of amides is 1. The SMILES string of the molecule is CN(CCC#N)C(=O)CCSc1cc2ccccc2[nH]1. The number of carbonyl (C=O) groups is 1. The van der Waals surface area contributed by atoms with Gasteiger partial charge >= 0.3 is 0 Å². The Hall–Kier alpha value is -1.93. The monoisotopic (exact) mass is 287 g/mol. The molecule has 0 aliphatic rings. The topological polar surface area (TPSA) is 59.9 Å². The van der Waals surface area contributed by atoms with Gasteiger partial charge in [0, 0.05) is 36.7 Å². The molecule has 0 spiro atoms. The summed E-state index contributed by atoms with van der Waals surface area (Å²) in [6.45, 7) is 0.506. The summed E-state index contributed by atoms with van der Waals surface area (Å²) >= 11 is 1.65. The lowest BCUT2D eigenvalue weighted by Crippen LogP contribution is -2.27. The summed E-state index contributed by atoms with van der Waals surface area (Å²) in [4.78, 5) is 16.8. The summed E-state index contributed by atoms with van der Waals surface area (Å²) in [5, 5.41) is 10.8. The number of carbonyl (C=O) groups excluding carboxylic acids is 1. The first-order chi connectivity index (χ1) is 9.70. The zero-order valence-electron chi connectivity index (χ0n) is 11.4. The molecule has 0 aliphatic heterocycles. The molecule has 2 aromatic rings. The van der Waals surface area contributed by atoms with E-state index in [0.717, 1.165) is 16.3 Å². The van der Waals surface area contributed by atoms with Gasteiger partial charge in [0.15, 0.2) is 0 Å². The Kier molecular flexibility index (Phi) is 5.08. The molecule has 0 unspecified atom stereocenters. The highest BCUT2D eigenvalue weighted by Crippen LogP contribution is 2.23. The molecule has 0 saturated carbocycles. The average molecular weight is 287 g/mol. The van der Waals surface area contributed by atoms with Gasteiger partial charge in [-0.2, -0.15) is 5.26 Å². The summed E-state index contributed by atoms with van der Waals surface area (Å²) in [6, 6.07) is 12.3. The van der Waals surface area contributed by atoms with E-state index < -0.39 is 0 Å². The van der Waals surface area contributed by atoms with Crippen molar-refractivity contribution in [2.24, 2.45) is 0 Å². The highest BCUT2D eigenvalue weighted by molar-refractivity contribution is 7.99. The zero-order chi connectivity index (χ0) is 14.4. The number of aromatic nitrogens is 1. The summed E-state index contributed by atoms with van der Waals surface area (Å²) in [7, 11) is 1.74. The van der Waals surface area contributed by atoms with Crippen molar-refractivity contribution in [2.75, 3.05) is 19.3 Å². The van der Waals surface area contributed by atoms with Crippen molar-refractivity contribution in [3.63, 3.8) is 0 Å². The molecule has 1 aromatic heterocycles. The number of hydrogen-bond donors (Lipinski definition) is 1. The fourth-order valence-electron chi connectivity index (χ4n) is 1.91. The molecule has 20 heavy (non-hydrogen) atoms. The van der Waals surface area contributed by atoms with Crippen LogP contribution in [0.5, 0.6) is 0 Å². The van der Waals surface area contributed by atoms with E-state index in [1.807, 2.05) is 24.3 Å². The van der Waals surface area contributed by atoms with Gasteiger partial charge in [0.2, 0.25) is 5.91 Å². The van der Waals surface area contributed by atoms with Gasteiger partial charge in [-0.3, -0.25) is 4.79 Å². The molecule has 0 radical (unpaired) electrons. The van der Waals surface area contributed by atoms with E-state index in [0.29, 0.717) is 19.4 Å². The van der Waals surface area contributed by atoms with Gasteiger partial charge in [-0.1, -0.05) is 18.2 Å². The fraction of sp³-hybridized carbons (Fsp3) is 0.333. The molecule has 0 saturated heterocycles. The van der Waals surface area contributed by atoms with Crippen molar-refractivity contribution < 1.29 is 4.79 Å². The van der Waals surface area contributed by atoms with Crippen LogP contribution in [0.15, 0.2) is 35.4 Å². The van der Waals surface area contributed by atoms with E-state index >= 15 is 0 Å². The maximum absolute atomic E-state index is 11.8. The summed E-state index contributed by atoms with van der Waals surface area (Å²) < 4.78 is 0. The second-order valence-electron chi connectivity index (χ2n) is 4.54. The highest BCUT2D eigenvalue weighted by atomic mass is 32.2. The Bertz CT molecular complexity index is 596. The van der Waals surface area contributed by atoms with Gasteiger partial charge in [0.05, 0.1) is 17.5 Å². The minimum Gasteiger partial charge on any atom is -0.350 e. The van der Waals surface area contributed by atoms with E-state index in [9.17, 15) is 4.79 Å². The number of para-hydroxylation sites is 1. The lowest BCUT2D eigenvalue weighted by atomic mass is 10.3. The molecule has 0 aliphatic carbocycles. The predicted octanol–water partition coefficient (Wildman–Crippen LogP) is 3.02.